The number of fused-ring (bicyclic) bond motifs is 4. The number of pyridine rings is 1. The molecule has 0 saturated carbocycles. The lowest BCUT2D eigenvalue weighted by molar-refractivity contribution is -0.137. The van der Waals surface area contributed by atoms with Gasteiger partial charge in [0, 0.05) is 34.0 Å². The second-order valence-electron chi connectivity index (χ2n) is 9.03. The van der Waals surface area contributed by atoms with Crippen LogP contribution in [0.3, 0.4) is 0 Å². The van der Waals surface area contributed by atoms with Crippen LogP contribution in [0.4, 0.5) is 11.4 Å². The summed E-state index contributed by atoms with van der Waals surface area (Å²) in [6, 6.07) is 25.7. The number of carboxylic acids is 1. The van der Waals surface area contributed by atoms with Crippen LogP contribution in [-0.2, 0) is 15.1 Å². The molecule has 3 N–H and O–H groups in total. The molecule has 0 bridgehead atoms. The van der Waals surface area contributed by atoms with Gasteiger partial charge in [0.1, 0.15) is 11.2 Å². The number of aromatic nitrogens is 2. The summed E-state index contributed by atoms with van der Waals surface area (Å²) in [7, 11) is 0. The Bertz CT molecular complexity index is 1700. The van der Waals surface area contributed by atoms with Gasteiger partial charge in [0.05, 0.1) is 17.4 Å². The maximum Gasteiger partial charge on any atom is 0.303 e. The Kier molecular flexibility index (Phi) is 6.34. The quantitative estimate of drug-likeness (QED) is 0.277. The van der Waals surface area contributed by atoms with Gasteiger partial charge in [0.15, 0.2) is 0 Å². The lowest BCUT2D eigenvalue weighted by atomic mass is 9.86. The third-order valence-corrected chi connectivity index (χ3v) is 6.85. The third-order valence-electron chi connectivity index (χ3n) is 6.85. The fourth-order valence-electron chi connectivity index (χ4n) is 5.13. The lowest BCUT2D eigenvalue weighted by Gasteiger charge is -2.29. The average molecular weight is 527 g/mol. The first-order valence-electron chi connectivity index (χ1n) is 11.9. The zero-order valence-electron chi connectivity index (χ0n) is 20.0. The highest BCUT2D eigenvalue weighted by atomic mass is 35.5. The number of nitrogens with one attached hydrogen (secondary N) is 2. The zero-order chi connectivity index (χ0) is 25.6. The minimum Gasteiger partial charge on any atom is -0.481 e. The van der Waals surface area contributed by atoms with E-state index in [2.05, 4.69) is 15.3 Å². The average Bonchev–Trinajstić information content (AvgIpc) is 3.40. The van der Waals surface area contributed by atoms with Crippen LogP contribution in [0.25, 0.3) is 21.8 Å². The molecule has 0 aliphatic carbocycles. The zero-order valence-corrected chi connectivity index (χ0v) is 20.9. The van der Waals surface area contributed by atoms with Crippen LogP contribution < -0.4 is 10.2 Å². The van der Waals surface area contributed by atoms with E-state index in [1.54, 1.807) is 42.6 Å². The number of para-hydroxylation sites is 3. The fourth-order valence-corrected chi connectivity index (χ4v) is 5.13. The van der Waals surface area contributed by atoms with Crippen LogP contribution in [0.5, 0.6) is 0 Å². The summed E-state index contributed by atoms with van der Waals surface area (Å²) < 4.78 is 0. The number of rotatable bonds is 6. The number of carbonyl (C=O) groups excluding carboxylic acids is 2. The van der Waals surface area contributed by atoms with Crippen molar-refractivity contribution in [2.75, 3.05) is 4.90 Å². The molecule has 0 spiro atoms. The van der Waals surface area contributed by atoms with E-state index in [9.17, 15) is 19.5 Å². The van der Waals surface area contributed by atoms with Crippen molar-refractivity contribution in [2.24, 2.45) is 0 Å². The number of carbonyl (C=O) groups is 3. The van der Waals surface area contributed by atoms with Crippen LogP contribution in [0.15, 0.2) is 91.1 Å². The van der Waals surface area contributed by atoms with Crippen molar-refractivity contribution in [3.8, 4) is 0 Å². The molecule has 0 saturated heterocycles. The summed E-state index contributed by atoms with van der Waals surface area (Å²) in [6.07, 6.45) is 1.18. The van der Waals surface area contributed by atoms with E-state index >= 15 is 0 Å². The van der Waals surface area contributed by atoms with Crippen LogP contribution >= 0.6 is 12.4 Å². The molecular weight excluding hydrogens is 504 g/mol. The highest BCUT2D eigenvalue weighted by Gasteiger charge is 2.52. The molecular formula is C29H23ClN4O4. The number of hydrogen-bond donors (Lipinski definition) is 3. The lowest BCUT2D eigenvalue weighted by Crippen LogP contribution is -2.52. The van der Waals surface area contributed by atoms with Gasteiger partial charge in [-0.1, -0.05) is 54.6 Å². The largest absolute Gasteiger partial charge is 0.481 e. The van der Waals surface area contributed by atoms with E-state index in [1.807, 2.05) is 48.5 Å². The van der Waals surface area contributed by atoms with E-state index in [0.29, 0.717) is 16.9 Å². The van der Waals surface area contributed by atoms with Crippen molar-refractivity contribution in [2.45, 2.75) is 18.4 Å². The molecule has 1 atom stereocenters. The number of carboxylic acid groups (broad SMARTS) is 1. The number of anilines is 2. The molecule has 0 radical (unpaired) electrons. The van der Waals surface area contributed by atoms with Crippen molar-refractivity contribution in [3.05, 3.63) is 102 Å². The summed E-state index contributed by atoms with van der Waals surface area (Å²) in [4.78, 5) is 48.5. The minimum atomic E-state index is -1.57. The van der Waals surface area contributed by atoms with Crippen molar-refractivity contribution in [1.82, 2.24) is 15.3 Å². The van der Waals surface area contributed by atoms with Crippen molar-refractivity contribution >= 4 is 63.4 Å². The second kappa shape index (κ2) is 9.64. The predicted octanol–water partition coefficient (Wildman–Crippen LogP) is 5.31. The van der Waals surface area contributed by atoms with Crippen molar-refractivity contribution < 1.29 is 19.5 Å². The molecule has 1 aliphatic heterocycles. The normalized spacial score (nSPS) is 16.3. The maximum atomic E-state index is 14.1. The predicted molar refractivity (Wildman–Crippen MR) is 147 cm³/mol. The maximum absolute atomic E-state index is 14.1. The van der Waals surface area contributed by atoms with Crippen LogP contribution in [-0.4, -0.2) is 32.9 Å². The first kappa shape index (κ1) is 25.0. The van der Waals surface area contributed by atoms with Gasteiger partial charge in [-0.25, -0.2) is 4.98 Å². The smallest absolute Gasteiger partial charge is 0.303 e. The molecule has 38 heavy (non-hydrogen) atoms. The van der Waals surface area contributed by atoms with Gasteiger partial charge in [-0.05, 0) is 36.8 Å². The molecule has 3 heterocycles. The third kappa shape index (κ3) is 3.95. The Labute approximate surface area is 223 Å². The molecule has 0 fully saturated rings. The number of amides is 2. The van der Waals surface area contributed by atoms with Gasteiger partial charge in [0.2, 0.25) is 0 Å². The summed E-state index contributed by atoms with van der Waals surface area (Å²) >= 11 is 0. The van der Waals surface area contributed by atoms with Gasteiger partial charge < -0.3 is 15.4 Å². The van der Waals surface area contributed by atoms with Gasteiger partial charge in [0.25, 0.3) is 11.8 Å². The number of aliphatic carboxylic acids is 1. The monoisotopic (exact) mass is 526 g/mol. The Morgan fingerprint density at radius 2 is 1.63 bits per heavy atom. The van der Waals surface area contributed by atoms with Gasteiger partial charge in [-0.3, -0.25) is 19.3 Å². The summed E-state index contributed by atoms with van der Waals surface area (Å²) in [5.74, 6) is -2.03. The van der Waals surface area contributed by atoms with Crippen molar-refractivity contribution in [3.63, 3.8) is 0 Å². The molecule has 3 aromatic carbocycles. The van der Waals surface area contributed by atoms with Gasteiger partial charge in [-0.15, -0.1) is 12.4 Å². The standard InChI is InChI=1S/C29H22N4O4.ClH/c34-26(35)14-15-29(21-11-5-7-13-25(21)33(28(29)37)18-8-2-1-3-9-18)32-27(36)23-16-20-19-10-4-6-12-22(19)31-24(20)17-30-23;/h1-13,16-17,31H,14-15H2,(H,32,36)(H,34,35);1H. The Morgan fingerprint density at radius 3 is 2.42 bits per heavy atom. The number of aromatic amines is 1. The molecule has 1 aliphatic rings. The van der Waals surface area contributed by atoms with E-state index in [1.165, 1.54) is 4.90 Å². The molecule has 2 amide bonds. The Hall–Kier alpha value is -4.69. The van der Waals surface area contributed by atoms with E-state index < -0.39 is 23.3 Å². The number of nitrogens with zero attached hydrogens (tertiary/aromatic N) is 2. The highest BCUT2D eigenvalue weighted by Crippen LogP contribution is 2.46. The number of hydrogen-bond acceptors (Lipinski definition) is 4. The summed E-state index contributed by atoms with van der Waals surface area (Å²) in [6.45, 7) is 0. The molecule has 6 rings (SSSR count). The fraction of sp³-hybridized carbons (Fsp3) is 0.103. The van der Waals surface area contributed by atoms with Gasteiger partial charge in [-0.2, -0.15) is 0 Å². The van der Waals surface area contributed by atoms with E-state index in [-0.39, 0.29) is 30.9 Å². The van der Waals surface area contributed by atoms with Crippen molar-refractivity contribution in [1.29, 1.82) is 0 Å². The first-order chi connectivity index (χ1) is 18.0. The molecule has 8 nitrogen and oxygen atoms in total. The van der Waals surface area contributed by atoms with Gasteiger partial charge >= 0.3 is 5.97 Å². The number of H-pyrrole nitrogens is 1. The first-order valence-corrected chi connectivity index (χ1v) is 11.9. The van der Waals surface area contributed by atoms with Crippen LogP contribution in [0.2, 0.25) is 0 Å². The summed E-state index contributed by atoms with van der Waals surface area (Å²) in [5.41, 5.74) is 2.05. The Morgan fingerprint density at radius 1 is 0.921 bits per heavy atom. The topological polar surface area (TPSA) is 115 Å². The van der Waals surface area contributed by atoms with Crippen LogP contribution in [0.1, 0.15) is 28.9 Å². The van der Waals surface area contributed by atoms with Crippen LogP contribution in [0, 0.1) is 0 Å². The molecule has 9 heteroatoms. The molecule has 5 aromatic rings. The SMILES string of the molecule is Cl.O=C(O)CCC1(NC(=O)c2cc3c(cn2)[nH]c2ccccc23)C(=O)N(c2ccccc2)c2ccccc21. The molecule has 190 valence electrons. The minimum absolute atomic E-state index is 0. The second-order valence-corrected chi connectivity index (χ2v) is 9.03. The van der Waals surface area contributed by atoms with E-state index in [4.69, 9.17) is 0 Å². The summed E-state index contributed by atoms with van der Waals surface area (Å²) in [5, 5.41) is 14.2. The molecule has 1 unspecified atom stereocenters. The Balaban J connectivity index is 0.00000294. The number of halogens is 1. The highest BCUT2D eigenvalue weighted by molar-refractivity contribution is 6.15. The number of benzene rings is 3. The molecule has 2 aromatic heterocycles. The van der Waals surface area contributed by atoms with E-state index in [0.717, 1.165) is 21.8 Å².